The molecule has 1 aliphatic carbocycles. The molecule has 0 bridgehead atoms. The van der Waals surface area contributed by atoms with Gasteiger partial charge in [-0.25, -0.2) is 4.79 Å². The molecule has 1 aromatic carbocycles. The van der Waals surface area contributed by atoms with Crippen molar-refractivity contribution in [1.29, 1.82) is 0 Å². The number of benzene rings is 1. The summed E-state index contributed by atoms with van der Waals surface area (Å²) in [6.45, 7) is 0. The third-order valence-electron chi connectivity index (χ3n) is 5.18. The molecule has 0 radical (unpaired) electrons. The van der Waals surface area contributed by atoms with Crippen molar-refractivity contribution in [2.24, 2.45) is 0 Å². The minimum absolute atomic E-state index is 0.127. The van der Waals surface area contributed by atoms with Crippen LogP contribution in [0.15, 0.2) is 40.3 Å². The van der Waals surface area contributed by atoms with E-state index in [2.05, 4.69) is 5.32 Å². The van der Waals surface area contributed by atoms with E-state index >= 15 is 0 Å². The Balaban J connectivity index is 1.63. The molecule has 2 aliphatic rings. The molecule has 0 unspecified atom stereocenters. The van der Waals surface area contributed by atoms with Crippen molar-refractivity contribution in [1.82, 2.24) is 10.2 Å². The van der Waals surface area contributed by atoms with Crippen molar-refractivity contribution in [3.8, 4) is 11.3 Å². The number of rotatable bonds is 3. The second-order valence-corrected chi connectivity index (χ2v) is 7.95. The predicted octanol–water partition coefficient (Wildman–Crippen LogP) is 5.05. The molecule has 4 rings (SSSR count). The summed E-state index contributed by atoms with van der Waals surface area (Å²) in [5.74, 6) is -0.535. The molecular formula is C21H18Cl2N2O4. The number of carbonyl (C=O) groups is 3. The van der Waals surface area contributed by atoms with Gasteiger partial charge in [0.05, 0.1) is 5.02 Å². The molecule has 2 heterocycles. The highest BCUT2D eigenvalue weighted by Gasteiger charge is 2.40. The monoisotopic (exact) mass is 432 g/mol. The zero-order valence-electron chi connectivity index (χ0n) is 15.4. The molecule has 1 aromatic heterocycles. The Hall–Kier alpha value is -2.57. The first kappa shape index (κ1) is 19.7. The number of urea groups is 1. The number of halogens is 2. The van der Waals surface area contributed by atoms with E-state index in [-0.39, 0.29) is 11.6 Å². The van der Waals surface area contributed by atoms with Crippen molar-refractivity contribution in [2.45, 2.75) is 38.1 Å². The minimum atomic E-state index is -0.727. The number of nitrogens with zero attached hydrogens (tertiary/aromatic N) is 1. The number of hydrogen-bond acceptors (Lipinski definition) is 4. The molecule has 1 N–H and O–H groups in total. The highest BCUT2D eigenvalue weighted by molar-refractivity contribution is 6.36. The second kappa shape index (κ2) is 8.05. The summed E-state index contributed by atoms with van der Waals surface area (Å²) < 4.78 is 5.76. The number of carbonyl (C=O) groups excluding carboxylic acids is 3. The number of amides is 4. The molecular weight excluding hydrogens is 415 g/mol. The molecule has 1 aliphatic heterocycles. The minimum Gasteiger partial charge on any atom is -0.457 e. The van der Waals surface area contributed by atoms with Gasteiger partial charge in [0.15, 0.2) is 0 Å². The van der Waals surface area contributed by atoms with Gasteiger partial charge in [-0.3, -0.25) is 19.8 Å². The Bertz CT molecular complexity index is 1020. The fourth-order valence-electron chi connectivity index (χ4n) is 3.75. The van der Waals surface area contributed by atoms with Gasteiger partial charge >= 0.3 is 6.03 Å². The molecule has 8 heteroatoms. The average Bonchev–Trinajstić information content (AvgIpc) is 3.14. The topological polar surface area (TPSA) is 79.6 Å². The van der Waals surface area contributed by atoms with Crippen LogP contribution in [0.1, 0.15) is 37.9 Å². The van der Waals surface area contributed by atoms with E-state index in [0.29, 0.717) is 27.1 Å². The molecule has 0 atom stereocenters. The number of hydrogen-bond donors (Lipinski definition) is 1. The maximum absolute atomic E-state index is 12.9. The molecule has 150 valence electrons. The first-order valence-electron chi connectivity index (χ1n) is 9.40. The molecule has 2 fully saturated rings. The number of furan rings is 1. The Morgan fingerprint density at radius 3 is 2.52 bits per heavy atom. The van der Waals surface area contributed by atoms with E-state index in [1.54, 1.807) is 30.3 Å². The zero-order chi connectivity index (χ0) is 20.5. The lowest BCUT2D eigenvalue weighted by atomic mass is 9.93. The van der Waals surface area contributed by atoms with Crippen LogP contribution in [-0.4, -0.2) is 28.8 Å². The highest BCUT2D eigenvalue weighted by Crippen LogP contribution is 2.32. The molecule has 2 aromatic rings. The standard InChI is InChI=1S/C21H18Cl2N2O4/c22-12-6-8-15(17(23)10-12)18-9-7-14(29-18)11-16-19(26)24-21(28)25(20(16)27)13-4-2-1-3-5-13/h6-11,13H,1-5H2,(H,24,26,28)/b16-11+. The Morgan fingerprint density at radius 1 is 1.03 bits per heavy atom. The van der Waals surface area contributed by atoms with Gasteiger partial charge in [-0.05, 0) is 49.2 Å². The summed E-state index contributed by atoms with van der Waals surface area (Å²) in [5.41, 5.74) is 0.512. The van der Waals surface area contributed by atoms with Crippen molar-refractivity contribution in [3.63, 3.8) is 0 Å². The van der Waals surface area contributed by atoms with Gasteiger partial charge in [-0.2, -0.15) is 0 Å². The lowest BCUT2D eigenvalue weighted by Crippen LogP contribution is -2.58. The normalized spacial score (nSPS) is 19.7. The summed E-state index contributed by atoms with van der Waals surface area (Å²) in [7, 11) is 0. The van der Waals surface area contributed by atoms with Crippen molar-refractivity contribution in [2.75, 3.05) is 0 Å². The zero-order valence-corrected chi connectivity index (χ0v) is 16.9. The maximum atomic E-state index is 12.9. The largest absolute Gasteiger partial charge is 0.457 e. The van der Waals surface area contributed by atoms with Crippen molar-refractivity contribution < 1.29 is 18.8 Å². The SMILES string of the molecule is O=C1NC(=O)N(C2CCCCC2)C(=O)/C1=C/c1ccc(-c2ccc(Cl)cc2Cl)o1. The van der Waals surface area contributed by atoms with Crippen LogP contribution in [0.4, 0.5) is 4.79 Å². The quantitative estimate of drug-likeness (QED) is 0.543. The van der Waals surface area contributed by atoms with Crippen LogP contribution in [0.25, 0.3) is 17.4 Å². The Labute approximate surface area is 177 Å². The van der Waals surface area contributed by atoms with E-state index in [1.807, 2.05) is 0 Å². The molecule has 29 heavy (non-hydrogen) atoms. The van der Waals surface area contributed by atoms with Crippen molar-refractivity contribution >= 4 is 47.1 Å². The van der Waals surface area contributed by atoms with Crippen LogP contribution in [-0.2, 0) is 9.59 Å². The van der Waals surface area contributed by atoms with Crippen LogP contribution < -0.4 is 5.32 Å². The van der Waals surface area contributed by atoms with Crippen LogP contribution in [0.2, 0.25) is 10.0 Å². The van der Waals surface area contributed by atoms with Gasteiger partial charge in [0.2, 0.25) is 0 Å². The molecule has 0 spiro atoms. The average molecular weight is 433 g/mol. The summed E-state index contributed by atoms with van der Waals surface area (Å²) in [5, 5.41) is 3.19. The van der Waals surface area contributed by atoms with Crippen molar-refractivity contribution in [3.05, 3.63) is 51.7 Å². The third kappa shape index (κ3) is 3.95. The van der Waals surface area contributed by atoms with Gasteiger partial charge < -0.3 is 4.42 Å². The summed E-state index contributed by atoms with van der Waals surface area (Å²) in [6.07, 6.45) is 5.86. The summed E-state index contributed by atoms with van der Waals surface area (Å²) >= 11 is 12.1. The predicted molar refractivity (Wildman–Crippen MR) is 109 cm³/mol. The van der Waals surface area contributed by atoms with E-state index in [9.17, 15) is 14.4 Å². The van der Waals surface area contributed by atoms with Crippen LogP contribution in [0.3, 0.4) is 0 Å². The van der Waals surface area contributed by atoms with E-state index in [0.717, 1.165) is 32.1 Å². The van der Waals surface area contributed by atoms with Gasteiger partial charge in [0, 0.05) is 16.6 Å². The first-order chi connectivity index (χ1) is 13.9. The fourth-order valence-corrected chi connectivity index (χ4v) is 4.25. The second-order valence-electron chi connectivity index (χ2n) is 7.11. The molecule has 1 saturated carbocycles. The maximum Gasteiger partial charge on any atom is 0.331 e. The molecule has 6 nitrogen and oxygen atoms in total. The number of barbiturate groups is 1. The lowest BCUT2D eigenvalue weighted by Gasteiger charge is -2.35. The highest BCUT2D eigenvalue weighted by atomic mass is 35.5. The van der Waals surface area contributed by atoms with E-state index in [1.165, 1.54) is 11.0 Å². The van der Waals surface area contributed by atoms with Crippen LogP contribution in [0.5, 0.6) is 0 Å². The Kier molecular flexibility index (Phi) is 5.48. The lowest BCUT2D eigenvalue weighted by molar-refractivity contribution is -0.132. The van der Waals surface area contributed by atoms with Gasteiger partial charge in [0.25, 0.3) is 11.8 Å². The third-order valence-corrected chi connectivity index (χ3v) is 5.73. The Morgan fingerprint density at radius 2 is 1.79 bits per heavy atom. The molecule has 1 saturated heterocycles. The van der Waals surface area contributed by atoms with E-state index in [4.69, 9.17) is 27.6 Å². The van der Waals surface area contributed by atoms with E-state index < -0.39 is 17.8 Å². The van der Waals surface area contributed by atoms with Crippen LogP contribution in [0, 0.1) is 0 Å². The number of imide groups is 2. The number of nitrogens with one attached hydrogen (secondary N) is 1. The smallest absolute Gasteiger partial charge is 0.331 e. The van der Waals surface area contributed by atoms with Gasteiger partial charge in [-0.15, -0.1) is 0 Å². The fraction of sp³-hybridized carbons (Fsp3) is 0.286. The summed E-state index contributed by atoms with van der Waals surface area (Å²) in [4.78, 5) is 38.6. The molecule has 4 amide bonds. The van der Waals surface area contributed by atoms with Gasteiger partial charge in [0.1, 0.15) is 17.1 Å². The summed E-state index contributed by atoms with van der Waals surface area (Å²) in [6, 6.07) is 7.50. The van der Waals surface area contributed by atoms with Gasteiger partial charge in [-0.1, -0.05) is 42.5 Å². The van der Waals surface area contributed by atoms with Crippen LogP contribution >= 0.6 is 23.2 Å². The first-order valence-corrected chi connectivity index (χ1v) is 10.2.